The van der Waals surface area contributed by atoms with Gasteiger partial charge in [0, 0.05) is 11.6 Å². The fourth-order valence-electron chi connectivity index (χ4n) is 2.38. The van der Waals surface area contributed by atoms with Gasteiger partial charge >= 0.3 is 0 Å². The van der Waals surface area contributed by atoms with Crippen LogP contribution in [-0.4, -0.2) is 14.5 Å². The molecule has 3 heterocycles. The first kappa shape index (κ1) is 12.0. The molecule has 0 amide bonds. The largest absolute Gasteiger partial charge is 0.397 e. The number of rotatable bonds is 1. The summed E-state index contributed by atoms with van der Waals surface area (Å²) in [4.78, 5) is 21.2. The second-order valence-electron chi connectivity index (χ2n) is 4.64. The Kier molecular flexibility index (Phi) is 2.52. The molecule has 5 nitrogen and oxygen atoms in total. The molecule has 0 unspecified atom stereocenters. The van der Waals surface area contributed by atoms with Crippen molar-refractivity contribution in [2.75, 3.05) is 5.73 Å². The molecule has 0 atom stereocenters. The average Bonchev–Trinajstić information content (AvgIpc) is 2.89. The van der Waals surface area contributed by atoms with Crippen molar-refractivity contribution in [1.82, 2.24) is 14.5 Å². The van der Waals surface area contributed by atoms with Gasteiger partial charge in [-0.25, -0.2) is 4.98 Å². The van der Waals surface area contributed by atoms with E-state index in [1.807, 2.05) is 30.3 Å². The van der Waals surface area contributed by atoms with Gasteiger partial charge in [0.25, 0.3) is 5.56 Å². The second-order valence-corrected chi connectivity index (χ2v) is 5.69. The van der Waals surface area contributed by atoms with Crippen molar-refractivity contribution in [3.63, 3.8) is 0 Å². The second kappa shape index (κ2) is 4.39. The van der Waals surface area contributed by atoms with E-state index in [1.165, 1.54) is 11.3 Å². The molecule has 0 aliphatic heterocycles. The molecule has 6 heteroatoms. The number of nitrogens with zero attached hydrogens (tertiary/aromatic N) is 3. The molecule has 0 saturated carbocycles. The lowest BCUT2D eigenvalue weighted by Crippen LogP contribution is -2.17. The Bertz CT molecular complexity index is 1020. The van der Waals surface area contributed by atoms with Gasteiger partial charge in [0.15, 0.2) is 0 Å². The first-order valence-electron chi connectivity index (χ1n) is 6.34. The van der Waals surface area contributed by atoms with Crippen LogP contribution in [0.15, 0.2) is 53.8 Å². The van der Waals surface area contributed by atoms with E-state index in [1.54, 1.807) is 23.3 Å². The van der Waals surface area contributed by atoms with Crippen LogP contribution in [0.5, 0.6) is 0 Å². The molecule has 4 aromatic rings. The molecular formula is C15H10N4OS. The molecule has 0 spiro atoms. The summed E-state index contributed by atoms with van der Waals surface area (Å²) in [6.07, 6.45) is 4.84. The van der Waals surface area contributed by atoms with Gasteiger partial charge in [-0.15, -0.1) is 11.3 Å². The Labute approximate surface area is 123 Å². The fraction of sp³-hybridized carbons (Fsp3) is 0. The minimum Gasteiger partial charge on any atom is -0.397 e. The minimum atomic E-state index is -0.0909. The summed E-state index contributed by atoms with van der Waals surface area (Å²) >= 11 is 1.37. The lowest BCUT2D eigenvalue weighted by Gasteiger charge is -2.04. The number of aromatic nitrogens is 3. The zero-order valence-electron chi connectivity index (χ0n) is 10.9. The fourth-order valence-corrected chi connectivity index (χ4v) is 3.46. The van der Waals surface area contributed by atoms with Gasteiger partial charge in [0.05, 0.1) is 27.8 Å². The number of nitrogens with two attached hydrogens (primary N) is 1. The van der Waals surface area contributed by atoms with E-state index in [0.29, 0.717) is 15.9 Å². The number of nitrogen functional groups attached to an aromatic ring is 1. The summed E-state index contributed by atoms with van der Waals surface area (Å²) in [6, 6.07) is 9.43. The van der Waals surface area contributed by atoms with Crippen LogP contribution in [0.3, 0.4) is 0 Å². The Morgan fingerprint density at radius 2 is 1.95 bits per heavy atom. The Morgan fingerprint density at radius 1 is 1.14 bits per heavy atom. The van der Waals surface area contributed by atoms with Gasteiger partial charge < -0.3 is 5.73 Å². The molecule has 0 aliphatic rings. The van der Waals surface area contributed by atoms with Crippen molar-refractivity contribution in [3.8, 4) is 5.69 Å². The molecular weight excluding hydrogens is 284 g/mol. The highest BCUT2D eigenvalue weighted by molar-refractivity contribution is 7.25. The van der Waals surface area contributed by atoms with E-state index in [0.717, 1.165) is 15.8 Å². The van der Waals surface area contributed by atoms with E-state index in [-0.39, 0.29) is 5.56 Å². The van der Waals surface area contributed by atoms with Gasteiger partial charge in [-0.1, -0.05) is 18.2 Å². The third-order valence-corrected chi connectivity index (χ3v) is 4.46. The molecule has 0 aliphatic carbocycles. The average molecular weight is 294 g/mol. The highest BCUT2D eigenvalue weighted by Gasteiger charge is 2.14. The van der Waals surface area contributed by atoms with Crippen molar-refractivity contribution in [3.05, 3.63) is 59.4 Å². The molecule has 0 radical (unpaired) electrons. The van der Waals surface area contributed by atoms with Crippen LogP contribution in [0.1, 0.15) is 0 Å². The van der Waals surface area contributed by atoms with Crippen LogP contribution in [-0.2, 0) is 0 Å². The third kappa shape index (κ3) is 1.73. The first-order valence-corrected chi connectivity index (χ1v) is 7.16. The van der Waals surface area contributed by atoms with Crippen LogP contribution in [0.4, 0.5) is 5.69 Å². The molecule has 2 N–H and O–H groups in total. The lowest BCUT2D eigenvalue weighted by atomic mass is 10.2. The lowest BCUT2D eigenvalue weighted by molar-refractivity contribution is 0.968. The summed E-state index contributed by atoms with van der Waals surface area (Å²) in [5.74, 6) is 0. The summed E-state index contributed by atoms with van der Waals surface area (Å²) in [5.41, 5.74) is 7.85. The molecule has 0 bridgehead atoms. The smallest absolute Gasteiger partial charge is 0.275 e. The first-order chi connectivity index (χ1) is 10.3. The zero-order chi connectivity index (χ0) is 14.4. The maximum absolute atomic E-state index is 12.7. The Hall–Kier alpha value is -2.73. The number of anilines is 1. The van der Waals surface area contributed by atoms with Gasteiger partial charge in [-0.2, -0.15) is 0 Å². The number of hydrogen-bond donors (Lipinski definition) is 1. The quantitative estimate of drug-likeness (QED) is 0.585. The normalized spacial score (nSPS) is 11.2. The maximum atomic E-state index is 12.7. The molecule has 21 heavy (non-hydrogen) atoms. The summed E-state index contributed by atoms with van der Waals surface area (Å²) in [6.45, 7) is 0. The minimum absolute atomic E-state index is 0.0909. The van der Waals surface area contributed by atoms with Crippen molar-refractivity contribution in [1.29, 1.82) is 0 Å². The predicted molar refractivity (Wildman–Crippen MR) is 84.9 cm³/mol. The standard InChI is InChI=1S/C15H10N4OS/c16-10-6-17-7-11-12(10)13-14(21-11)15(20)19(8-18-13)9-4-2-1-3-5-9/h1-8H,16H2. The molecule has 1 aromatic carbocycles. The van der Waals surface area contributed by atoms with Crippen molar-refractivity contribution in [2.24, 2.45) is 0 Å². The van der Waals surface area contributed by atoms with Crippen molar-refractivity contribution >= 4 is 37.3 Å². The predicted octanol–water partition coefficient (Wildman–Crippen LogP) is 2.58. The third-order valence-electron chi connectivity index (χ3n) is 3.35. The Balaban J connectivity index is 2.11. The Morgan fingerprint density at radius 3 is 2.76 bits per heavy atom. The number of benzene rings is 1. The highest BCUT2D eigenvalue weighted by atomic mass is 32.1. The molecule has 3 aromatic heterocycles. The van der Waals surface area contributed by atoms with Crippen LogP contribution in [0, 0.1) is 0 Å². The van der Waals surface area contributed by atoms with E-state index in [4.69, 9.17) is 5.73 Å². The van der Waals surface area contributed by atoms with Crippen molar-refractivity contribution < 1.29 is 0 Å². The van der Waals surface area contributed by atoms with Crippen molar-refractivity contribution in [2.45, 2.75) is 0 Å². The summed E-state index contributed by atoms with van der Waals surface area (Å²) in [7, 11) is 0. The number of hydrogen-bond acceptors (Lipinski definition) is 5. The molecule has 102 valence electrons. The summed E-state index contributed by atoms with van der Waals surface area (Å²) < 4.78 is 3.01. The van der Waals surface area contributed by atoms with Gasteiger partial charge in [-0.3, -0.25) is 14.3 Å². The topological polar surface area (TPSA) is 73.8 Å². The maximum Gasteiger partial charge on any atom is 0.275 e. The van der Waals surface area contributed by atoms with E-state index < -0.39 is 0 Å². The molecule has 4 rings (SSSR count). The molecule has 0 saturated heterocycles. The van der Waals surface area contributed by atoms with Crippen LogP contribution < -0.4 is 11.3 Å². The summed E-state index contributed by atoms with van der Waals surface area (Å²) in [5, 5.41) is 0.808. The van der Waals surface area contributed by atoms with E-state index in [9.17, 15) is 4.79 Å². The van der Waals surface area contributed by atoms with Crippen LogP contribution >= 0.6 is 11.3 Å². The monoisotopic (exact) mass is 294 g/mol. The van der Waals surface area contributed by atoms with Gasteiger partial charge in [-0.05, 0) is 12.1 Å². The van der Waals surface area contributed by atoms with Crippen LogP contribution in [0.25, 0.3) is 26.0 Å². The molecule has 0 fully saturated rings. The van der Waals surface area contributed by atoms with E-state index in [2.05, 4.69) is 9.97 Å². The van der Waals surface area contributed by atoms with Gasteiger partial charge in [0.1, 0.15) is 11.0 Å². The number of thiophene rings is 1. The number of fused-ring (bicyclic) bond motifs is 3. The van der Waals surface area contributed by atoms with Crippen LogP contribution in [0.2, 0.25) is 0 Å². The highest BCUT2D eigenvalue weighted by Crippen LogP contribution is 2.33. The zero-order valence-corrected chi connectivity index (χ0v) is 11.7. The SMILES string of the molecule is Nc1cncc2sc3c(=O)n(-c4ccccc4)cnc3c12. The number of para-hydroxylation sites is 1. The van der Waals surface area contributed by atoms with Gasteiger partial charge in [0.2, 0.25) is 0 Å². The number of pyridine rings is 1. The van der Waals surface area contributed by atoms with E-state index >= 15 is 0 Å².